The average Bonchev–Trinajstić information content (AvgIpc) is 2.45. The van der Waals surface area contributed by atoms with Gasteiger partial charge in [0, 0.05) is 6.20 Å². The Labute approximate surface area is 118 Å². The number of ether oxygens (including phenoxy) is 2. The molecule has 0 spiro atoms. The third kappa shape index (κ3) is 4.53. The molecule has 0 amide bonds. The molecule has 0 atom stereocenters. The highest BCUT2D eigenvalue weighted by atomic mass is 19.4. The fraction of sp³-hybridized carbons (Fsp3) is 0.154. The molecule has 1 heterocycles. The molecule has 8 heteroatoms. The molecule has 2 rings (SSSR count). The molecule has 2 aromatic rings. The van der Waals surface area contributed by atoms with Crippen molar-refractivity contribution in [2.45, 2.75) is 13.0 Å². The zero-order valence-electron chi connectivity index (χ0n) is 10.7. The van der Waals surface area contributed by atoms with Crippen LogP contribution >= 0.6 is 0 Å². The van der Waals surface area contributed by atoms with E-state index >= 15 is 0 Å². The van der Waals surface area contributed by atoms with Crippen molar-refractivity contribution in [1.29, 1.82) is 0 Å². The van der Waals surface area contributed by atoms with E-state index < -0.39 is 12.1 Å². The minimum absolute atomic E-state index is 0.0201. The summed E-state index contributed by atoms with van der Waals surface area (Å²) < 4.78 is 46.0. The van der Waals surface area contributed by atoms with Crippen molar-refractivity contribution in [2.75, 3.05) is 5.43 Å². The van der Waals surface area contributed by atoms with Gasteiger partial charge in [-0.05, 0) is 24.3 Å². The molecule has 21 heavy (non-hydrogen) atoms. The molecule has 0 unspecified atom stereocenters. The van der Waals surface area contributed by atoms with Gasteiger partial charge in [-0.3, -0.25) is 10.8 Å². The van der Waals surface area contributed by atoms with E-state index in [9.17, 15) is 13.2 Å². The number of hydrogen-bond donors (Lipinski definition) is 2. The molecule has 0 radical (unpaired) electrons. The highest BCUT2D eigenvalue weighted by Crippen LogP contribution is 2.32. The number of aromatic nitrogens is 1. The van der Waals surface area contributed by atoms with Gasteiger partial charge >= 0.3 is 6.36 Å². The predicted molar refractivity (Wildman–Crippen MR) is 69.5 cm³/mol. The Bertz CT molecular complexity index is 605. The number of anilines is 1. The zero-order chi connectivity index (χ0) is 15.3. The van der Waals surface area contributed by atoms with Gasteiger partial charge in [0.05, 0.1) is 11.4 Å². The minimum atomic E-state index is -4.78. The molecule has 0 saturated heterocycles. The lowest BCUT2D eigenvalue weighted by Crippen LogP contribution is -2.17. The molecule has 3 N–H and O–H groups in total. The van der Waals surface area contributed by atoms with E-state index in [2.05, 4.69) is 15.1 Å². The lowest BCUT2D eigenvalue weighted by Gasteiger charge is -2.13. The van der Waals surface area contributed by atoms with Crippen molar-refractivity contribution in [2.24, 2.45) is 5.84 Å². The van der Waals surface area contributed by atoms with Crippen LogP contribution in [-0.2, 0) is 6.61 Å². The fourth-order valence-corrected chi connectivity index (χ4v) is 1.58. The number of benzene rings is 1. The monoisotopic (exact) mass is 299 g/mol. The first-order valence-electron chi connectivity index (χ1n) is 5.87. The predicted octanol–water partition coefficient (Wildman–Crippen LogP) is 2.84. The van der Waals surface area contributed by atoms with Crippen LogP contribution in [-0.4, -0.2) is 11.3 Å². The number of hydrazine groups is 1. The van der Waals surface area contributed by atoms with Gasteiger partial charge in [0.25, 0.3) is 0 Å². The molecular formula is C13H12F3N3O2. The van der Waals surface area contributed by atoms with E-state index in [-0.39, 0.29) is 12.4 Å². The van der Waals surface area contributed by atoms with Gasteiger partial charge in [-0.15, -0.1) is 13.2 Å². The van der Waals surface area contributed by atoms with E-state index in [1.807, 2.05) is 0 Å². The van der Waals surface area contributed by atoms with Gasteiger partial charge in [0.2, 0.25) is 0 Å². The normalized spacial score (nSPS) is 11.0. The van der Waals surface area contributed by atoms with Crippen molar-refractivity contribution >= 4 is 5.69 Å². The lowest BCUT2D eigenvalue weighted by molar-refractivity contribution is -0.275. The Morgan fingerprint density at radius 1 is 1.14 bits per heavy atom. The molecule has 0 saturated carbocycles. The maximum Gasteiger partial charge on any atom is 0.573 e. The third-order valence-electron chi connectivity index (χ3n) is 2.43. The molecule has 112 valence electrons. The van der Waals surface area contributed by atoms with Crippen LogP contribution in [0.3, 0.4) is 0 Å². The maximum atomic E-state index is 12.3. The topological polar surface area (TPSA) is 69.4 Å². The standard InChI is InChI=1S/C13H12F3N3O2/c14-13(15,16)21-12-4-2-1-3-11(12)20-8-10-7-9(19-17)5-6-18-10/h1-7H,8,17H2,(H,18,19). The quantitative estimate of drug-likeness (QED) is 0.656. The van der Waals surface area contributed by atoms with Crippen molar-refractivity contribution in [3.63, 3.8) is 0 Å². The van der Waals surface area contributed by atoms with Gasteiger partial charge in [-0.2, -0.15) is 0 Å². The largest absolute Gasteiger partial charge is 0.573 e. The Kier molecular flexibility index (Phi) is 4.49. The van der Waals surface area contributed by atoms with Gasteiger partial charge < -0.3 is 14.9 Å². The summed E-state index contributed by atoms with van der Waals surface area (Å²) >= 11 is 0. The van der Waals surface area contributed by atoms with Crippen molar-refractivity contribution in [3.8, 4) is 11.5 Å². The number of nitrogens with zero attached hydrogens (tertiary/aromatic N) is 1. The van der Waals surface area contributed by atoms with E-state index in [1.54, 1.807) is 18.2 Å². The molecule has 0 aliphatic carbocycles. The first-order chi connectivity index (χ1) is 9.98. The second-order valence-corrected chi connectivity index (χ2v) is 3.96. The Hall–Kier alpha value is -2.48. The molecule has 0 bridgehead atoms. The summed E-state index contributed by atoms with van der Waals surface area (Å²) in [7, 11) is 0. The fourth-order valence-electron chi connectivity index (χ4n) is 1.58. The summed E-state index contributed by atoms with van der Waals surface area (Å²) in [5.41, 5.74) is 3.56. The number of alkyl halides is 3. The lowest BCUT2D eigenvalue weighted by atomic mass is 10.3. The van der Waals surface area contributed by atoms with Gasteiger partial charge in [-0.25, -0.2) is 0 Å². The zero-order valence-corrected chi connectivity index (χ0v) is 10.7. The van der Waals surface area contributed by atoms with Crippen LogP contribution in [0.5, 0.6) is 11.5 Å². The summed E-state index contributed by atoms with van der Waals surface area (Å²) in [6, 6.07) is 8.78. The van der Waals surface area contributed by atoms with Crippen LogP contribution in [0.2, 0.25) is 0 Å². The van der Waals surface area contributed by atoms with Crippen molar-refractivity contribution in [1.82, 2.24) is 4.98 Å². The van der Waals surface area contributed by atoms with Crippen LogP contribution in [0.25, 0.3) is 0 Å². The van der Waals surface area contributed by atoms with Crippen LogP contribution in [0.1, 0.15) is 5.69 Å². The van der Waals surface area contributed by atoms with Gasteiger partial charge in [0.1, 0.15) is 6.61 Å². The first kappa shape index (κ1) is 14.9. The van der Waals surface area contributed by atoms with Crippen molar-refractivity contribution < 1.29 is 22.6 Å². The molecule has 1 aromatic heterocycles. The molecule has 0 aliphatic rings. The Morgan fingerprint density at radius 3 is 2.52 bits per heavy atom. The molecule has 0 aliphatic heterocycles. The summed E-state index contributed by atoms with van der Waals surface area (Å²) in [4.78, 5) is 4.02. The third-order valence-corrected chi connectivity index (χ3v) is 2.43. The molecule has 5 nitrogen and oxygen atoms in total. The number of nitrogens with two attached hydrogens (primary N) is 1. The van der Waals surface area contributed by atoms with Crippen LogP contribution < -0.4 is 20.7 Å². The minimum Gasteiger partial charge on any atom is -0.483 e. The highest BCUT2D eigenvalue weighted by Gasteiger charge is 2.32. The van der Waals surface area contributed by atoms with Gasteiger partial charge in [0.15, 0.2) is 11.5 Å². The maximum absolute atomic E-state index is 12.3. The van der Waals surface area contributed by atoms with E-state index in [1.165, 1.54) is 24.4 Å². The number of hydrogen-bond acceptors (Lipinski definition) is 5. The van der Waals surface area contributed by atoms with Crippen LogP contribution in [0, 0.1) is 0 Å². The van der Waals surface area contributed by atoms with Crippen LogP contribution in [0.4, 0.5) is 18.9 Å². The van der Waals surface area contributed by atoms with E-state index in [0.29, 0.717) is 11.4 Å². The SMILES string of the molecule is NNc1ccnc(COc2ccccc2OC(F)(F)F)c1. The number of nitrogens with one attached hydrogen (secondary N) is 1. The van der Waals surface area contributed by atoms with Gasteiger partial charge in [-0.1, -0.05) is 12.1 Å². The number of para-hydroxylation sites is 2. The van der Waals surface area contributed by atoms with Crippen molar-refractivity contribution in [3.05, 3.63) is 48.3 Å². The van der Waals surface area contributed by atoms with E-state index in [4.69, 9.17) is 10.6 Å². The Morgan fingerprint density at radius 2 is 1.86 bits per heavy atom. The number of halogens is 3. The molecular weight excluding hydrogens is 287 g/mol. The number of pyridine rings is 1. The second kappa shape index (κ2) is 6.31. The average molecular weight is 299 g/mol. The Balaban J connectivity index is 2.09. The molecule has 0 fully saturated rings. The number of rotatable bonds is 5. The summed E-state index contributed by atoms with van der Waals surface area (Å²) in [5.74, 6) is 4.83. The number of nitrogen functional groups attached to an aromatic ring is 1. The molecule has 1 aromatic carbocycles. The second-order valence-electron chi connectivity index (χ2n) is 3.96. The smallest absolute Gasteiger partial charge is 0.483 e. The summed E-state index contributed by atoms with van der Waals surface area (Å²) in [6.45, 7) is -0.0201. The highest BCUT2D eigenvalue weighted by molar-refractivity contribution is 5.42. The van der Waals surface area contributed by atoms with Crippen LogP contribution in [0.15, 0.2) is 42.6 Å². The summed E-state index contributed by atoms with van der Waals surface area (Å²) in [5, 5.41) is 0. The summed E-state index contributed by atoms with van der Waals surface area (Å²) in [6.07, 6.45) is -3.27. The van der Waals surface area contributed by atoms with E-state index in [0.717, 1.165) is 0 Å². The first-order valence-corrected chi connectivity index (χ1v) is 5.87.